The molecule has 1 fully saturated rings. The number of carbonyl (C=O) groups is 1. The van der Waals surface area contributed by atoms with Gasteiger partial charge in [0.25, 0.3) is 0 Å². The molecule has 138 valence electrons. The number of nitrogens with zero attached hydrogens (tertiary/aromatic N) is 1. The first-order valence-electron chi connectivity index (χ1n) is 8.67. The number of fused-ring (bicyclic) bond motifs is 1. The fourth-order valence-corrected chi connectivity index (χ4v) is 3.59. The summed E-state index contributed by atoms with van der Waals surface area (Å²) in [5.74, 6) is -0.551. The van der Waals surface area contributed by atoms with Crippen molar-refractivity contribution in [1.29, 1.82) is 0 Å². The number of hydrogen-bond donors (Lipinski definition) is 1. The summed E-state index contributed by atoms with van der Waals surface area (Å²) in [7, 11) is 0. The molecule has 2 aliphatic heterocycles. The number of ether oxygens (including phenoxy) is 1. The Labute approximate surface area is 158 Å². The van der Waals surface area contributed by atoms with Crippen LogP contribution in [0.5, 0.6) is 0 Å². The number of cyclic esters (lactones) is 1. The van der Waals surface area contributed by atoms with Crippen molar-refractivity contribution < 1.29 is 13.9 Å². The monoisotopic (exact) mass is 376 g/mol. The molecular weight excluding hydrogens is 355 g/mol. The highest BCUT2D eigenvalue weighted by Crippen LogP contribution is 2.36. The SMILES string of the molecule is Cc1ccc(F)cc1CC1OC(=O)c2cc(N3CCNCC3)ccc21.Cl. The van der Waals surface area contributed by atoms with Crippen molar-refractivity contribution in [3.05, 3.63) is 64.5 Å². The first kappa shape index (κ1) is 18.7. The van der Waals surface area contributed by atoms with Gasteiger partial charge in [0.05, 0.1) is 5.56 Å². The van der Waals surface area contributed by atoms with E-state index in [1.54, 1.807) is 6.07 Å². The number of hydrogen-bond acceptors (Lipinski definition) is 4. The zero-order valence-electron chi connectivity index (χ0n) is 14.6. The van der Waals surface area contributed by atoms with E-state index in [1.807, 2.05) is 19.1 Å². The minimum atomic E-state index is -0.347. The smallest absolute Gasteiger partial charge is 0.339 e. The van der Waals surface area contributed by atoms with Crippen LogP contribution < -0.4 is 10.2 Å². The maximum absolute atomic E-state index is 13.5. The van der Waals surface area contributed by atoms with Crippen LogP contribution in [0.3, 0.4) is 0 Å². The fourth-order valence-electron chi connectivity index (χ4n) is 3.59. The first-order valence-corrected chi connectivity index (χ1v) is 8.67. The number of piperazine rings is 1. The maximum Gasteiger partial charge on any atom is 0.339 e. The molecule has 0 spiro atoms. The van der Waals surface area contributed by atoms with Gasteiger partial charge in [-0.2, -0.15) is 0 Å². The average Bonchev–Trinajstić information content (AvgIpc) is 2.94. The van der Waals surface area contributed by atoms with Crippen LogP contribution in [0.25, 0.3) is 0 Å². The molecule has 0 radical (unpaired) electrons. The molecule has 0 aliphatic carbocycles. The summed E-state index contributed by atoms with van der Waals surface area (Å²) in [6.07, 6.45) is 0.148. The van der Waals surface area contributed by atoms with Gasteiger partial charge in [-0.3, -0.25) is 0 Å². The van der Waals surface area contributed by atoms with Gasteiger partial charge in [0.1, 0.15) is 11.9 Å². The van der Waals surface area contributed by atoms with Crippen molar-refractivity contribution in [2.45, 2.75) is 19.4 Å². The van der Waals surface area contributed by atoms with Crippen molar-refractivity contribution in [1.82, 2.24) is 5.32 Å². The summed E-state index contributed by atoms with van der Waals surface area (Å²) < 4.78 is 19.1. The van der Waals surface area contributed by atoms with Crippen LogP contribution in [-0.2, 0) is 11.2 Å². The zero-order valence-corrected chi connectivity index (χ0v) is 15.4. The van der Waals surface area contributed by atoms with Crippen molar-refractivity contribution in [2.24, 2.45) is 0 Å². The highest BCUT2D eigenvalue weighted by atomic mass is 35.5. The molecular formula is C20H22ClFN2O2. The molecule has 6 heteroatoms. The van der Waals surface area contributed by atoms with Crippen LogP contribution in [0, 0.1) is 12.7 Å². The summed E-state index contributed by atoms with van der Waals surface area (Å²) >= 11 is 0. The Morgan fingerprint density at radius 1 is 1.19 bits per heavy atom. The van der Waals surface area contributed by atoms with Gasteiger partial charge in [-0.25, -0.2) is 9.18 Å². The molecule has 2 heterocycles. The molecule has 1 unspecified atom stereocenters. The van der Waals surface area contributed by atoms with E-state index in [4.69, 9.17) is 4.74 Å². The molecule has 1 N–H and O–H groups in total. The van der Waals surface area contributed by atoms with Crippen LogP contribution in [-0.4, -0.2) is 32.1 Å². The third-order valence-corrected chi connectivity index (χ3v) is 5.05. The van der Waals surface area contributed by atoms with Crippen molar-refractivity contribution >= 4 is 24.1 Å². The lowest BCUT2D eigenvalue weighted by Crippen LogP contribution is -2.43. The highest BCUT2D eigenvalue weighted by Gasteiger charge is 2.32. The third-order valence-electron chi connectivity index (χ3n) is 5.05. The quantitative estimate of drug-likeness (QED) is 0.833. The Morgan fingerprint density at radius 3 is 2.73 bits per heavy atom. The number of nitrogens with one attached hydrogen (secondary N) is 1. The van der Waals surface area contributed by atoms with Gasteiger partial charge in [0.15, 0.2) is 0 Å². The van der Waals surface area contributed by atoms with E-state index in [2.05, 4.69) is 16.3 Å². The number of esters is 1. The Bertz CT molecular complexity index is 821. The Hall–Kier alpha value is -2.11. The van der Waals surface area contributed by atoms with Crippen LogP contribution >= 0.6 is 12.4 Å². The highest BCUT2D eigenvalue weighted by molar-refractivity contribution is 5.95. The topological polar surface area (TPSA) is 41.6 Å². The summed E-state index contributed by atoms with van der Waals surface area (Å²) in [5, 5.41) is 3.33. The predicted molar refractivity (Wildman–Crippen MR) is 102 cm³/mol. The number of aryl methyl sites for hydroxylation is 1. The lowest BCUT2D eigenvalue weighted by atomic mass is 9.96. The van der Waals surface area contributed by atoms with Crippen LogP contribution in [0.2, 0.25) is 0 Å². The van der Waals surface area contributed by atoms with E-state index < -0.39 is 0 Å². The second-order valence-electron chi connectivity index (χ2n) is 6.68. The van der Waals surface area contributed by atoms with Crippen LogP contribution in [0.15, 0.2) is 36.4 Å². The van der Waals surface area contributed by atoms with E-state index in [0.717, 1.165) is 48.6 Å². The molecule has 2 aliphatic rings. The van der Waals surface area contributed by atoms with Gasteiger partial charge in [-0.1, -0.05) is 12.1 Å². The summed E-state index contributed by atoms with van der Waals surface area (Å²) in [4.78, 5) is 14.6. The number of carbonyl (C=O) groups excluding carboxylic acids is 1. The van der Waals surface area contributed by atoms with E-state index in [-0.39, 0.29) is 30.3 Å². The van der Waals surface area contributed by atoms with Gasteiger partial charge in [0, 0.05) is 43.9 Å². The van der Waals surface area contributed by atoms with Gasteiger partial charge in [0.2, 0.25) is 0 Å². The number of halogens is 2. The second kappa shape index (κ2) is 7.64. The lowest BCUT2D eigenvalue weighted by molar-refractivity contribution is 0.0386. The van der Waals surface area contributed by atoms with Crippen LogP contribution in [0.4, 0.5) is 10.1 Å². The van der Waals surface area contributed by atoms with Crippen molar-refractivity contribution in [2.75, 3.05) is 31.1 Å². The van der Waals surface area contributed by atoms with E-state index in [1.165, 1.54) is 12.1 Å². The van der Waals surface area contributed by atoms with Crippen molar-refractivity contribution in [3.8, 4) is 0 Å². The van der Waals surface area contributed by atoms with Gasteiger partial charge in [-0.15, -0.1) is 12.4 Å². The molecule has 0 bridgehead atoms. The minimum absolute atomic E-state index is 0. The van der Waals surface area contributed by atoms with Gasteiger partial charge >= 0.3 is 5.97 Å². The van der Waals surface area contributed by atoms with Gasteiger partial charge in [-0.05, 0) is 42.3 Å². The normalized spacial score (nSPS) is 18.9. The zero-order chi connectivity index (χ0) is 17.4. The molecule has 0 aromatic heterocycles. The molecule has 0 saturated carbocycles. The Morgan fingerprint density at radius 2 is 1.96 bits per heavy atom. The van der Waals surface area contributed by atoms with E-state index >= 15 is 0 Å². The van der Waals surface area contributed by atoms with E-state index in [9.17, 15) is 9.18 Å². The molecule has 4 rings (SSSR count). The van der Waals surface area contributed by atoms with Crippen LogP contribution in [0.1, 0.15) is 33.2 Å². The first-order chi connectivity index (χ1) is 12.1. The molecule has 1 saturated heterocycles. The summed E-state index contributed by atoms with van der Waals surface area (Å²) in [6, 6.07) is 10.7. The average molecular weight is 377 g/mol. The number of rotatable bonds is 3. The molecule has 0 amide bonds. The summed E-state index contributed by atoms with van der Waals surface area (Å²) in [5.41, 5.74) is 4.46. The summed E-state index contributed by atoms with van der Waals surface area (Å²) in [6.45, 7) is 5.70. The predicted octanol–water partition coefficient (Wildman–Crippen LogP) is 3.42. The fraction of sp³-hybridized carbons (Fsp3) is 0.350. The second-order valence-corrected chi connectivity index (χ2v) is 6.68. The third kappa shape index (κ3) is 3.55. The van der Waals surface area contributed by atoms with E-state index in [0.29, 0.717) is 12.0 Å². The maximum atomic E-state index is 13.5. The Kier molecular flexibility index (Phi) is 5.49. The molecule has 2 aromatic carbocycles. The molecule has 2 aromatic rings. The molecule has 1 atom stereocenters. The van der Waals surface area contributed by atoms with Gasteiger partial charge < -0.3 is 15.0 Å². The standard InChI is InChI=1S/C20H21FN2O2.ClH/c1-13-2-3-15(21)10-14(13)11-19-17-5-4-16(12-18(17)20(24)25-19)23-8-6-22-7-9-23;/h2-5,10,12,19,22H,6-9,11H2,1H3;1H. The lowest BCUT2D eigenvalue weighted by Gasteiger charge is -2.29. The molecule has 4 nitrogen and oxygen atoms in total. The largest absolute Gasteiger partial charge is 0.454 e. The Balaban J connectivity index is 0.00000196. The number of benzene rings is 2. The van der Waals surface area contributed by atoms with Crippen molar-refractivity contribution in [3.63, 3.8) is 0 Å². The molecule has 26 heavy (non-hydrogen) atoms. The number of anilines is 1. The minimum Gasteiger partial charge on any atom is -0.454 e.